The molecule has 2 fully saturated rings. The van der Waals surface area contributed by atoms with Gasteiger partial charge in [-0.1, -0.05) is 6.92 Å². The van der Waals surface area contributed by atoms with Gasteiger partial charge in [0.15, 0.2) is 0 Å². The predicted octanol–water partition coefficient (Wildman–Crippen LogP) is 1.92. The number of nitrogens with one attached hydrogen (secondary N) is 1. The molecule has 0 radical (unpaired) electrons. The first-order valence-electron chi connectivity index (χ1n) is 9.55. The number of fused-ring (bicyclic) bond motifs is 4. The van der Waals surface area contributed by atoms with E-state index in [1.165, 1.54) is 5.57 Å². The zero-order valence-corrected chi connectivity index (χ0v) is 14.7. The van der Waals surface area contributed by atoms with E-state index in [2.05, 4.69) is 16.9 Å². The number of aromatic amines is 1. The molecule has 7 heteroatoms. The third-order valence-corrected chi connectivity index (χ3v) is 6.52. The van der Waals surface area contributed by atoms with Crippen LogP contribution in [0.25, 0.3) is 11.0 Å². The molecule has 6 nitrogen and oxygen atoms in total. The number of allylic oxidation sites excluding steroid dienone is 2. The third-order valence-electron chi connectivity index (χ3n) is 6.52. The molecule has 2 saturated carbocycles. The molecule has 3 atom stereocenters. The van der Waals surface area contributed by atoms with Crippen molar-refractivity contribution in [3.8, 4) is 0 Å². The molecule has 3 aliphatic carbocycles. The molecule has 0 amide bonds. The van der Waals surface area contributed by atoms with E-state index < -0.39 is 7.05 Å². The molecular weight excluding hydrogens is 327 g/mol. The minimum Gasteiger partial charge on any atom is -0.512 e. The maximum Gasteiger partial charge on any atom is 0.468 e. The van der Waals surface area contributed by atoms with E-state index in [0.717, 1.165) is 53.5 Å². The van der Waals surface area contributed by atoms with Gasteiger partial charge >= 0.3 is 7.05 Å². The lowest BCUT2D eigenvalue weighted by Crippen LogP contribution is -2.54. The van der Waals surface area contributed by atoms with Gasteiger partial charge in [-0.25, -0.2) is 4.98 Å². The van der Waals surface area contributed by atoms with Crippen molar-refractivity contribution in [3.05, 3.63) is 35.4 Å². The van der Waals surface area contributed by atoms with Gasteiger partial charge in [0.05, 0.1) is 11.5 Å². The summed E-state index contributed by atoms with van der Waals surface area (Å²) in [6, 6.07) is 2.36. The number of H-pyrrole nitrogens is 1. The summed E-state index contributed by atoms with van der Waals surface area (Å²) in [7, 11) is -0.727. The van der Waals surface area contributed by atoms with Crippen LogP contribution in [-0.2, 0) is 0 Å². The minimum absolute atomic E-state index is 0.286. The normalized spacial score (nSPS) is 30.4. The predicted molar refractivity (Wildman–Crippen MR) is 100 cm³/mol. The highest BCUT2D eigenvalue weighted by molar-refractivity contribution is 6.66. The summed E-state index contributed by atoms with van der Waals surface area (Å²) < 4.78 is 0. The minimum atomic E-state index is -0.727. The Kier molecular flexibility index (Phi) is 2.81. The van der Waals surface area contributed by atoms with Crippen molar-refractivity contribution in [1.29, 1.82) is 0 Å². The molecule has 0 bridgehead atoms. The molecule has 2 aromatic rings. The number of rotatable bonds is 2. The lowest BCUT2D eigenvalue weighted by molar-refractivity contribution is 0.297. The quantitative estimate of drug-likeness (QED) is 0.724. The second-order valence-electron chi connectivity index (χ2n) is 8.29. The first-order valence-corrected chi connectivity index (χ1v) is 9.55. The van der Waals surface area contributed by atoms with E-state index in [9.17, 15) is 10.1 Å². The summed E-state index contributed by atoms with van der Waals surface area (Å²) in [4.78, 5) is 9.59. The Morgan fingerprint density at radius 3 is 2.96 bits per heavy atom. The third kappa shape index (κ3) is 1.92. The molecule has 3 N–H and O–H groups in total. The van der Waals surface area contributed by atoms with Gasteiger partial charge in [-0.3, -0.25) is 0 Å². The van der Waals surface area contributed by atoms with Crippen LogP contribution in [0.3, 0.4) is 0 Å². The van der Waals surface area contributed by atoms with Crippen LogP contribution in [0.2, 0.25) is 0 Å². The van der Waals surface area contributed by atoms with Crippen LogP contribution < -0.4 is 5.46 Å². The van der Waals surface area contributed by atoms with Crippen LogP contribution in [0.4, 0.5) is 0 Å². The van der Waals surface area contributed by atoms with E-state index in [1.54, 1.807) is 6.20 Å². The largest absolute Gasteiger partial charge is 0.512 e. The van der Waals surface area contributed by atoms with Crippen molar-refractivity contribution in [2.24, 2.45) is 22.9 Å². The molecule has 3 heterocycles. The summed E-state index contributed by atoms with van der Waals surface area (Å²) in [6.07, 6.45) is 7.56. The molecule has 0 saturated heterocycles. The van der Waals surface area contributed by atoms with Crippen LogP contribution in [-0.4, -0.2) is 43.8 Å². The first kappa shape index (κ1) is 14.8. The van der Waals surface area contributed by atoms with Crippen LogP contribution in [0.5, 0.6) is 0 Å². The molecule has 132 valence electrons. The maximum atomic E-state index is 10.9. The summed E-state index contributed by atoms with van der Waals surface area (Å²) in [6.45, 7) is 2.21. The second-order valence-corrected chi connectivity index (χ2v) is 8.29. The van der Waals surface area contributed by atoms with Gasteiger partial charge < -0.3 is 20.0 Å². The van der Waals surface area contributed by atoms with E-state index in [1.807, 2.05) is 17.2 Å². The van der Waals surface area contributed by atoms with E-state index in [4.69, 9.17) is 5.10 Å². The monoisotopic (exact) mass is 348 g/mol. The molecular formula is C19H21BN4O2. The highest BCUT2D eigenvalue weighted by atomic mass is 16.3. The molecule has 6 rings (SSSR count). The highest BCUT2D eigenvalue weighted by Gasteiger charge is 2.51. The fourth-order valence-electron chi connectivity index (χ4n) is 5.00. The molecule has 2 aromatic heterocycles. The number of pyridine rings is 1. The smallest absolute Gasteiger partial charge is 0.468 e. The molecule has 1 aliphatic heterocycles. The number of aliphatic hydroxyl groups excluding tert-OH is 1. The molecule has 3 unspecified atom stereocenters. The van der Waals surface area contributed by atoms with Crippen LogP contribution in [0, 0.1) is 17.8 Å². The Morgan fingerprint density at radius 2 is 2.15 bits per heavy atom. The van der Waals surface area contributed by atoms with Gasteiger partial charge in [-0.15, -0.1) is 0 Å². The Balaban J connectivity index is 1.57. The lowest BCUT2D eigenvalue weighted by Gasteiger charge is -2.36. The van der Waals surface area contributed by atoms with Crippen molar-refractivity contribution < 1.29 is 10.1 Å². The summed E-state index contributed by atoms with van der Waals surface area (Å²) in [5, 5.41) is 27.2. The van der Waals surface area contributed by atoms with Crippen molar-refractivity contribution in [3.63, 3.8) is 0 Å². The van der Waals surface area contributed by atoms with Crippen molar-refractivity contribution in [2.45, 2.75) is 38.6 Å². The van der Waals surface area contributed by atoms with Crippen molar-refractivity contribution in [2.75, 3.05) is 0 Å². The van der Waals surface area contributed by atoms with Gasteiger partial charge in [-0.05, 0) is 42.7 Å². The molecule has 0 spiro atoms. The number of hydrogen-bond acceptors (Lipinski definition) is 5. The van der Waals surface area contributed by atoms with E-state index in [0.29, 0.717) is 23.6 Å². The zero-order chi connectivity index (χ0) is 17.6. The number of aromatic nitrogens is 2. The Bertz CT molecular complexity index is 993. The standard InChI is InChI=1S/C19H21BN4O2/c1-9-6-15(25)12-7-13(12)16(9)18-17-11-4-5-21-19(11)22-8-14(17)20(26)24(23-18)10-2-3-10/h4-5,8-10,13,16,25-26H,2-3,6-7H2,1H3,(H,21,22). The first-order chi connectivity index (χ1) is 12.6. The van der Waals surface area contributed by atoms with Gasteiger partial charge in [0, 0.05) is 47.2 Å². The number of aliphatic hydroxyl groups is 1. The second kappa shape index (κ2) is 4.91. The highest BCUT2D eigenvalue weighted by Crippen LogP contribution is 2.55. The van der Waals surface area contributed by atoms with Gasteiger partial charge in [-0.2, -0.15) is 5.10 Å². The molecule has 26 heavy (non-hydrogen) atoms. The maximum absolute atomic E-state index is 10.9. The Labute approximate surface area is 151 Å². The number of nitrogens with zero attached hydrogens (tertiary/aromatic N) is 3. The average molecular weight is 348 g/mol. The van der Waals surface area contributed by atoms with Gasteiger partial charge in [0.2, 0.25) is 0 Å². The van der Waals surface area contributed by atoms with E-state index >= 15 is 0 Å². The lowest BCUT2D eigenvalue weighted by atomic mass is 9.65. The number of hydrazone groups is 1. The molecule has 0 aromatic carbocycles. The molecule has 4 aliphatic rings. The van der Waals surface area contributed by atoms with Gasteiger partial charge in [0.25, 0.3) is 0 Å². The van der Waals surface area contributed by atoms with E-state index in [-0.39, 0.29) is 5.92 Å². The topological polar surface area (TPSA) is 84.7 Å². The fourth-order valence-corrected chi connectivity index (χ4v) is 5.00. The van der Waals surface area contributed by atoms with Crippen LogP contribution in [0.15, 0.2) is 34.9 Å². The zero-order valence-electron chi connectivity index (χ0n) is 14.7. The summed E-state index contributed by atoms with van der Waals surface area (Å²) >= 11 is 0. The summed E-state index contributed by atoms with van der Waals surface area (Å²) in [5.41, 5.74) is 5.03. The summed E-state index contributed by atoms with van der Waals surface area (Å²) in [5.74, 6) is 1.60. The van der Waals surface area contributed by atoms with Crippen LogP contribution in [0.1, 0.15) is 38.2 Å². The Morgan fingerprint density at radius 1 is 1.31 bits per heavy atom. The van der Waals surface area contributed by atoms with Crippen molar-refractivity contribution in [1.82, 2.24) is 14.9 Å². The average Bonchev–Trinajstić information content (AvgIpc) is 3.53. The van der Waals surface area contributed by atoms with Crippen molar-refractivity contribution >= 4 is 29.3 Å². The van der Waals surface area contributed by atoms with Gasteiger partial charge in [0.1, 0.15) is 5.65 Å². The number of hydrogen-bond donors (Lipinski definition) is 3. The Hall–Kier alpha value is -2.28. The fraction of sp³-hybridized carbons (Fsp3) is 0.474. The van der Waals surface area contributed by atoms with Crippen LogP contribution >= 0.6 is 0 Å². The SMILES string of the molecule is CC1CC(O)=C2CC2C1C1=NN(C2CC2)B(O)c2cnc3[nH]ccc3c21.